The van der Waals surface area contributed by atoms with Crippen LogP contribution in [-0.4, -0.2) is 39.7 Å². The minimum atomic E-state index is 0.0686. The minimum Gasteiger partial charge on any atom is -0.334 e. The van der Waals surface area contributed by atoms with E-state index in [2.05, 4.69) is 21.0 Å². The predicted molar refractivity (Wildman–Crippen MR) is 93.9 cm³/mol. The van der Waals surface area contributed by atoms with Crippen LogP contribution in [0.3, 0.4) is 0 Å². The number of hydrogen-bond acceptors (Lipinski definition) is 3. The van der Waals surface area contributed by atoms with Crippen molar-refractivity contribution in [3.8, 4) is 5.69 Å². The summed E-state index contributed by atoms with van der Waals surface area (Å²) in [5, 5.41) is 4.52. The van der Waals surface area contributed by atoms with Gasteiger partial charge in [-0.05, 0) is 66.9 Å². The van der Waals surface area contributed by atoms with E-state index < -0.39 is 0 Å². The number of rotatable bonds is 3. The molecular weight excluding hydrogens is 356 g/mol. The SMILES string of the molecule is Cc1nn(-c2ccc(C(=O)N3CCC[C@H]3CN)cc2)c(C)c1Br. The summed E-state index contributed by atoms with van der Waals surface area (Å²) in [6, 6.07) is 7.79. The summed E-state index contributed by atoms with van der Waals surface area (Å²) in [7, 11) is 0. The van der Waals surface area contributed by atoms with E-state index in [9.17, 15) is 4.79 Å². The maximum absolute atomic E-state index is 12.6. The molecule has 0 unspecified atom stereocenters. The van der Waals surface area contributed by atoms with Gasteiger partial charge in [-0.2, -0.15) is 5.10 Å². The first-order valence-electron chi connectivity index (χ1n) is 7.86. The number of nitrogens with two attached hydrogens (primary N) is 1. The third-order valence-electron chi connectivity index (χ3n) is 4.47. The van der Waals surface area contributed by atoms with E-state index in [1.54, 1.807) is 0 Å². The van der Waals surface area contributed by atoms with Crippen molar-refractivity contribution in [2.24, 2.45) is 5.73 Å². The van der Waals surface area contributed by atoms with Crippen LogP contribution in [0.25, 0.3) is 5.69 Å². The molecule has 1 aromatic carbocycles. The van der Waals surface area contributed by atoms with Crippen molar-refractivity contribution in [2.45, 2.75) is 32.7 Å². The standard InChI is InChI=1S/C17H21BrN4O/c1-11-16(18)12(2)22(20-11)14-7-5-13(6-8-14)17(23)21-9-3-4-15(21)10-19/h5-8,15H,3-4,9-10,19H2,1-2H3/t15-/m0/s1. The van der Waals surface area contributed by atoms with E-state index in [0.29, 0.717) is 12.1 Å². The van der Waals surface area contributed by atoms with Crippen LogP contribution in [0.2, 0.25) is 0 Å². The molecule has 6 heteroatoms. The summed E-state index contributed by atoms with van der Waals surface area (Å²) < 4.78 is 2.90. The Morgan fingerprint density at radius 1 is 1.35 bits per heavy atom. The van der Waals surface area contributed by atoms with Crippen molar-refractivity contribution in [1.29, 1.82) is 0 Å². The number of carbonyl (C=O) groups excluding carboxylic acids is 1. The molecule has 1 amide bonds. The van der Waals surface area contributed by atoms with Crippen LogP contribution in [0, 0.1) is 13.8 Å². The van der Waals surface area contributed by atoms with Gasteiger partial charge in [0.1, 0.15) is 0 Å². The molecule has 23 heavy (non-hydrogen) atoms. The minimum absolute atomic E-state index is 0.0686. The second-order valence-corrected chi connectivity index (χ2v) is 6.77. The van der Waals surface area contributed by atoms with E-state index in [1.165, 1.54) is 0 Å². The molecule has 2 N–H and O–H groups in total. The second kappa shape index (κ2) is 6.45. The fourth-order valence-electron chi connectivity index (χ4n) is 3.13. The number of benzene rings is 1. The van der Waals surface area contributed by atoms with Gasteiger partial charge < -0.3 is 10.6 Å². The topological polar surface area (TPSA) is 64.2 Å². The van der Waals surface area contributed by atoms with Crippen LogP contribution in [0.5, 0.6) is 0 Å². The summed E-state index contributed by atoms with van der Waals surface area (Å²) in [4.78, 5) is 14.5. The molecule has 1 fully saturated rings. The van der Waals surface area contributed by atoms with Gasteiger partial charge in [-0.15, -0.1) is 0 Å². The molecule has 0 spiro atoms. The van der Waals surface area contributed by atoms with Gasteiger partial charge in [0.15, 0.2) is 0 Å². The van der Waals surface area contributed by atoms with Crippen LogP contribution >= 0.6 is 15.9 Å². The summed E-state index contributed by atoms with van der Waals surface area (Å²) >= 11 is 3.54. The fraction of sp³-hybridized carbons (Fsp3) is 0.412. The first-order chi connectivity index (χ1) is 11.0. The molecule has 2 heterocycles. The number of likely N-dealkylation sites (tertiary alicyclic amines) is 1. The van der Waals surface area contributed by atoms with Gasteiger partial charge in [0.25, 0.3) is 5.91 Å². The van der Waals surface area contributed by atoms with Crippen molar-refractivity contribution in [3.63, 3.8) is 0 Å². The lowest BCUT2D eigenvalue weighted by molar-refractivity contribution is 0.0741. The van der Waals surface area contributed by atoms with Crippen molar-refractivity contribution >= 4 is 21.8 Å². The lowest BCUT2D eigenvalue weighted by Crippen LogP contribution is -2.39. The van der Waals surface area contributed by atoms with Crippen LogP contribution in [0.15, 0.2) is 28.7 Å². The Kier molecular flexibility index (Phi) is 4.55. The summed E-state index contributed by atoms with van der Waals surface area (Å²) in [5.74, 6) is 0.0686. The highest BCUT2D eigenvalue weighted by molar-refractivity contribution is 9.10. The lowest BCUT2D eigenvalue weighted by atomic mass is 10.1. The van der Waals surface area contributed by atoms with Crippen molar-refractivity contribution < 1.29 is 4.79 Å². The molecule has 0 aliphatic carbocycles. The van der Waals surface area contributed by atoms with E-state index in [4.69, 9.17) is 5.73 Å². The third-order valence-corrected chi connectivity index (χ3v) is 5.62. The Hall–Kier alpha value is -1.66. The molecule has 1 aromatic heterocycles. The van der Waals surface area contributed by atoms with Gasteiger partial charge in [-0.3, -0.25) is 4.79 Å². The maximum Gasteiger partial charge on any atom is 0.254 e. The number of halogens is 1. The molecule has 1 aliphatic heterocycles. The van der Waals surface area contributed by atoms with Crippen molar-refractivity contribution in [3.05, 3.63) is 45.7 Å². The lowest BCUT2D eigenvalue weighted by Gasteiger charge is -2.23. The normalized spacial score (nSPS) is 17.7. The number of aromatic nitrogens is 2. The summed E-state index contributed by atoms with van der Waals surface area (Å²) in [6.07, 6.45) is 2.03. The van der Waals surface area contributed by atoms with Crippen LogP contribution in [0.4, 0.5) is 0 Å². The van der Waals surface area contributed by atoms with E-state index in [-0.39, 0.29) is 11.9 Å². The monoisotopic (exact) mass is 376 g/mol. The molecule has 2 aromatic rings. The van der Waals surface area contributed by atoms with Gasteiger partial charge >= 0.3 is 0 Å². The maximum atomic E-state index is 12.6. The number of carbonyl (C=O) groups is 1. The second-order valence-electron chi connectivity index (χ2n) is 5.97. The van der Waals surface area contributed by atoms with Crippen LogP contribution in [-0.2, 0) is 0 Å². The van der Waals surface area contributed by atoms with Crippen molar-refractivity contribution in [1.82, 2.24) is 14.7 Å². The summed E-state index contributed by atoms with van der Waals surface area (Å²) in [5.41, 5.74) is 9.41. The zero-order valence-electron chi connectivity index (χ0n) is 13.4. The highest BCUT2D eigenvalue weighted by Gasteiger charge is 2.28. The highest BCUT2D eigenvalue weighted by Crippen LogP contribution is 2.24. The molecule has 0 saturated carbocycles. The van der Waals surface area contributed by atoms with Gasteiger partial charge in [0.05, 0.1) is 21.5 Å². The number of hydrogen-bond donors (Lipinski definition) is 1. The predicted octanol–water partition coefficient (Wildman–Crippen LogP) is 2.81. The van der Waals surface area contributed by atoms with Gasteiger partial charge in [0, 0.05) is 24.7 Å². The molecule has 0 radical (unpaired) electrons. The Bertz CT molecular complexity index is 723. The number of nitrogens with zero attached hydrogens (tertiary/aromatic N) is 3. The van der Waals surface area contributed by atoms with Gasteiger partial charge in [-0.1, -0.05) is 0 Å². The summed E-state index contributed by atoms with van der Waals surface area (Å²) in [6.45, 7) is 5.31. The first-order valence-corrected chi connectivity index (χ1v) is 8.65. The molecule has 1 aliphatic rings. The number of amides is 1. The number of aryl methyl sites for hydroxylation is 1. The van der Waals surface area contributed by atoms with Crippen molar-refractivity contribution in [2.75, 3.05) is 13.1 Å². The van der Waals surface area contributed by atoms with E-state index in [1.807, 2.05) is 47.7 Å². The smallest absolute Gasteiger partial charge is 0.254 e. The Morgan fingerprint density at radius 2 is 2.04 bits per heavy atom. The largest absolute Gasteiger partial charge is 0.334 e. The fourth-order valence-corrected chi connectivity index (χ4v) is 3.38. The highest BCUT2D eigenvalue weighted by atomic mass is 79.9. The van der Waals surface area contributed by atoms with Gasteiger partial charge in [-0.25, -0.2) is 4.68 Å². The first kappa shape index (κ1) is 16.2. The quantitative estimate of drug-likeness (QED) is 0.895. The Morgan fingerprint density at radius 3 is 2.61 bits per heavy atom. The molecule has 122 valence electrons. The van der Waals surface area contributed by atoms with Crippen LogP contribution < -0.4 is 5.73 Å². The Labute approximate surface area is 144 Å². The Balaban J connectivity index is 1.84. The molecule has 5 nitrogen and oxygen atoms in total. The zero-order valence-corrected chi connectivity index (χ0v) is 15.0. The zero-order chi connectivity index (χ0) is 16.6. The third kappa shape index (κ3) is 2.93. The molecule has 1 saturated heterocycles. The van der Waals surface area contributed by atoms with Gasteiger partial charge in [0.2, 0.25) is 0 Å². The average Bonchev–Trinajstić information content (AvgIpc) is 3.15. The van der Waals surface area contributed by atoms with E-state index >= 15 is 0 Å². The molecule has 0 bridgehead atoms. The molecule has 1 atom stereocenters. The van der Waals surface area contributed by atoms with Crippen LogP contribution in [0.1, 0.15) is 34.6 Å². The average molecular weight is 377 g/mol. The molecule has 3 rings (SSSR count). The van der Waals surface area contributed by atoms with E-state index in [0.717, 1.165) is 40.9 Å². The molecular formula is C17H21BrN4O.